The van der Waals surface area contributed by atoms with Gasteiger partial charge < -0.3 is 0 Å². The summed E-state index contributed by atoms with van der Waals surface area (Å²) in [6.45, 7) is 12.3. The molecule has 0 heterocycles. The van der Waals surface area contributed by atoms with E-state index in [1.165, 1.54) is 51.9 Å². The normalized spacial score (nSPS) is 11.5. The molecule has 0 aliphatic rings. The van der Waals surface area contributed by atoms with Crippen molar-refractivity contribution in [2.24, 2.45) is 0 Å². The van der Waals surface area contributed by atoms with Gasteiger partial charge in [-0.15, -0.1) is 0 Å². The molecule has 0 radical (unpaired) electrons. The Morgan fingerprint density at radius 3 is 1.68 bits per heavy atom. The Balaban J connectivity index is 3.73. The van der Waals surface area contributed by atoms with Crippen molar-refractivity contribution in [2.75, 3.05) is 40.3 Å². The van der Waals surface area contributed by atoms with Crippen molar-refractivity contribution in [3.05, 3.63) is 0 Å². The van der Waals surface area contributed by atoms with Crippen LogP contribution in [0.5, 0.6) is 0 Å². The van der Waals surface area contributed by atoms with Gasteiger partial charge in [-0.2, -0.15) is 0 Å². The van der Waals surface area contributed by atoms with E-state index in [-0.39, 0.29) is 0 Å². The molecular formula is C16H37InN2. The fourth-order valence-electron chi connectivity index (χ4n) is 2.82. The van der Waals surface area contributed by atoms with Crippen LogP contribution in [0.25, 0.3) is 0 Å². The summed E-state index contributed by atoms with van der Waals surface area (Å²) in [5, 5.41) is 0. The SMILES string of the molecule is CCCN(CCC)CC[CH2][In]([CH2]C)[CH2]CCN(C)C. The third kappa shape index (κ3) is 12.3. The molecule has 0 spiro atoms. The summed E-state index contributed by atoms with van der Waals surface area (Å²) in [5.74, 6) is 0. The third-order valence-electron chi connectivity index (χ3n) is 3.96. The van der Waals surface area contributed by atoms with Crippen LogP contribution in [-0.4, -0.2) is 71.5 Å². The Bertz CT molecular complexity index is 180. The Kier molecular flexibility index (Phi) is 14.3. The van der Waals surface area contributed by atoms with Crippen molar-refractivity contribution in [1.29, 1.82) is 0 Å². The summed E-state index contributed by atoms with van der Waals surface area (Å²) < 4.78 is 4.82. The van der Waals surface area contributed by atoms with E-state index in [2.05, 4.69) is 44.7 Å². The molecular weight excluding hydrogens is 335 g/mol. The van der Waals surface area contributed by atoms with Crippen molar-refractivity contribution in [1.82, 2.24) is 9.80 Å². The number of hydrogen-bond donors (Lipinski definition) is 0. The van der Waals surface area contributed by atoms with E-state index >= 15 is 0 Å². The first-order valence-electron chi connectivity index (χ1n) is 8.51. The van der Waals surface area contributed by atoms with Crippen LogP contribution >= 0.6 is 0 Å². The Hall–Kier alpha value is 0.790. The predicted molar refractivity (Wildman–Crippen MR) is 90.7 cm³/mol. The van der Waals surface area contributed by atoms with E-state index in [0.717, 1.165) is 0 Å². The van der Waals surface area contributed by atoms with Gasteiger partial charge in [0.1, 0.15) is 0 Å². The molecule has 0 fully saturated rings. The van der Waals surface area contributed by atoms with Gasteiger partial charge in [-0.1, -0.05) is 0 Å². The summed E-state index contributed by atoms with van der Waals surface area (Å²) in [5.41, 5.74) is 0. The molecule has 0 bridgehead atoms. The van der Waals surface area contributed by atoms with Gasteiger partial charge in [0.15, 0.2) is 0 Å². The van der Waals surface area contributed by atoms with Gasteiger partial charge in [0, 0.05) is 0 Å². The van der Waals surface area contributed by atoms with Crippen molar-refractivity contribution in [2.45, 2.75) is 59.0 Å². The zero-order valence-corrected chi connectivity index (χ0v) is 17.5. The van der Waals surface area contributed by atoms with E-state index in [1.54, 1.807) is 12.5 Å². The van der Waals surface area contributed by atoms with Gasteiger partial charge in [-0.3, -0.25) is 0 Å². The number of hydrogen-bond acceptors (Lipinski definition) is 2. The Labute approximate surface area is 130 Å². The van der Waals surface area contributed by atoms with Crippen LogP contribution < -0.4 is 0 Å². The number of nitrogens with zero attached hydrogens (tertiary/aromatic N) is 2. The minimum atomic E-state index is -1.13. The average molecular weight is 372 g/mol. The number of rotatable bonds is 13. The Morgan fingerprint density at radius 2 is 1.26 bits per heavy atom. The fourth-order valence-corrected chi connectivity index (χ4v) is 10.3. The molecule has 3 heteroatoms. The van der Waals surface area contributed by atoms with E-state index < -0.39 is 21.4 Å². The molecule has 2 nitrogen and oxygen atoms in total. The van der Waals surface area contributed by atoms with Crippen LogP contribution in [0, 0.1) is 0 Å². The molecule has 114 valence electrons. The van der Waals surface area contributed by atoms with Gasteiger partial charge >= 0.3 is 130 Å². The van der Waals surface area contributed by atoms with Crippen molar-refractivity contribution >= 4 is 21.4 Å². The van der Waals surface area contributed by atoms with Crippen molar-refractivity contribution < 1.29 is 0 Å². The van der Waals surface area contributed by atoms with E-state index in [4.69, 9.17) is 0 Å². The Morgan fingerprint density at radius 1 is 0.737 bits per heavy atom. The average Bonchev–Trinajstić information content (AvgIpc) is 2.37. The second-order valence-corrected chi connectivity index (χ2v) is 16.8. The van der Waals surface area contributed by atoms with Crippen LogP contribution in [0.3, 0.4) is 0 Å². The monoisotopic (exact) mass is 372 g/mol. The van der Waals surface area contributed by atoms with Crippen LogP contribution in [0.4, 0.5) is 0 Å². The van der Waals surface area contributed by atoms with Gasteiger partial charge in [0.25, 0.3) is 0 Å². The molecule has 0 saturated carbocycles. The van der Waals surface area contributed by atoms with Gasteiger partial charge in [-0.05, 0) is 0 Å². The van der Waals surface area contributed by atoms with E-state index in [9.17, 15) is 0 Å². The quantitative estimate of drug-likeness (QED) is 0.483. The van der Waals surface area contributed by atoms with Crippen LogP contribution in [0.1, 0.15) is 46.5 Å². The maximum atomic E-state index is 2.68. The fraction of sp³-hybridized carbons (Fsp3) is 1.00. The molecule has 0 aromatic carbocycles. The van der Waals surface area contributed by atoms with Crippen molar-refractivity contribution in [3.63, 3.8) is 0 Å². The van der Waals surface area contributed by atoms with Crippen LogP contribution in [0.2, 0.25) is 12.5 Å². The second kappa shape index (κ2) is 13.8. The molecule has 0 aromatic rings. The molecule has 0 aliphatic carbocycles. The predicted octanol–water partition coefficient (Wildman–Crippen LogP) is 3.96. The van der Waals surface area contributed by atoms with Gasteiger partial charge in [0.05, 0.1) is 0 Å². The molecule has 0 rings (SSSR count). The first-order chi connectivity index (χ1) is 9.13. The second-order valence-electron chi connectivity index (χ2n) is 6.20. The standard InChI is InChI=1S/C9H20N.C5H12N.C2H5.In/c1-4-7-10(8-5-2)9-6-3;1-4-5-6(2)3;1-2;/h1,4-9H2,2-3H3;1,4-5H2,2-3H3;1H2,2H3;. The van der Waals surface area contributed by atoms with Gasteiger partial charge in [-0.25, -0.2) is 0 Å². The summed E-state index contributed by atoms with van der Waals surface area (Å²) in [6.07, 6.45) is 5.55. The van der Waals surface area contributed by atoms with Crippen LogP contribution in [0.15, 0.2) is 0 Å². The molecule has 0 unspecified atom stereocenters. The molecule has 0 aliphatic heterocycles. The van der Waals surface area contributed by atoms with E-state index in [1.807, 2.05) is 0 Å². The van der Waals surface area contributed by atoms with Crippen molar-refractivity contribution in [3.8, 4) is 0 Å². The minimum absolute atomic E-state index is 1.13. The molecule has 0 N–H and O–H groups in total. The zero-order chi connectivity index (χ0) is 14.5. The summed E-state index contributed by atoms with van der Waals surface area (Å²) in [6, 6.07) is 0. The summed E-state index contributed by atoms with van der Waals surface area (Å²) >= 11 is -1.13. The first-order valence-corrected chi connectivity index (χ1v) is 15.5. The van der Waals surface area contributed by atoms with Gasteiger partial charge in [0.2, 0.25) is 0 Å². The maximum absolute atomic E-state index is 2.68. The molecule has 0 amide bonds. The molecule has 0 saturated heterocycles. The molecule has 0 aromatic heterocycles. The molecule has 0 atom stereocenters. The topological polar surface area (TPSA) is 6.48 Å². The zero-order valence-electron chi connectivity index (χ0n) is 14.2. The summed E-state index contributed by atoms with van der Waals surface area (Å²) in [7, 11) is 4.40. The van der Waals surface area contributed by atoms with Crippen LogP contribution in [-0.2, 0) is 0 Å². The first kappa shape index (κ1) is 19.8. The van der Waals surface area contributed by atoms with E-state index in [0.29, 0.717) is 0 Å². The summed E-state index contributed by atoms with van der Waals surface area (Å²) in [4.78, 5) is 5.02. The molecule has 19 heavy (non-hydrogen) atoms. The third-order valence-corrected chi connectivity index (χ3v) is 14.2.